The zero-order valence-electron chi connectivity index (χ0n) is 16.7. The monoisotopic (exact) mass is 388 g/mol. The number of carbonyl (C=O) groups excluding carboxylic acids is 2. The summed E-state index contributed by atoms with van der Waals surface area (Å²) >= 11 is 0. The van der Waals surface area contributed by atoms with E-state index >= 15 is 0 Å². The second-order valence-electron chi connectivity index (χ2n) is 9.02. The molecular weight excluding hydrogens is 356 g/mol. The van der Waals surface area contributed by atoms with Gasteiger partial charge in [-0.2, -0.15) is 0 Å². The fourth-order valence-corrected chi connectivity index (χ4v) is 4.77. The van der Waals surface area contributed by atoms with E-state index in [0.717, 1.165) is 57.1 Å². The first-order valence-corrected chi connectivity index (χ1v) is 10.8. The van der Waals surface area contributed by atoms with Gasteiger partial charge < -0.3 is 20.5 Å². The van der Waals surface area contributed by atoms with E-state index in [9.17, 15) is 9.59 Å². The molecule has 4 rings (SSSR count). The molecule has 0 bridgehead atoms. The van der Waals surface area contributed by atoms with Gasteiger partial charge in [0.25, 0.3) is 5.91 Å². The van der Waals surface area contributed by atoms with E-state index in [-0.39, 0.29) is 29.9 Å². The van der Waals surface area contributed by atoms with Crippen LogP contribution in [0.5, 0.6) is 0 Å². The molecule has 3 unspecified atom stereocenters. The van der Waals surface area contributed by atoms with Gasteiger partial charge in [-0.05, 0) is 57.8 Å². The third kappa shape index (κ3) is 4.57. The minimum Gasteiger partial charge on any atom is -0.360 e. The molecule has 2 aliphatic carbocycles. The molecule has 3 N–H and O–H groups in total. The first kappa shape index (κ1) is 19.4. The van der Waals surface area contributed by atoms with Crippen molar-refractivity contribution in [1.29, 1.82) is 0 Å². The van der Waals surface area contributed by atoms with Crippen LogP contribution in [0.15, 0.2) is 10.6 Å². The van der Waals surface area contributed by atoms with Crippen LogP contribution in [0.3, 0.4) is 0 Å². The number of aromatic nitrogens is 1. The average molecular weight is 389 g/mol. The third-order valence-corrected chi connectivity index (χ3v) is 6.56. The Bertz CT molecular complexity index is 714. The summed E-state index contributed by atoms with van der Waals surface area (Å²) in [5.74, 6) is 1.75. The van der Waals surface area contributed by atoms with Crippen molar-refractivity contribution in [2.75, 3.05) is 6.54 Å². The van der Waals surface area contributed by atoms with Crippen molar-refractivity contribution < 1.29 is 14.1 Å². The van der Waals surface area contributed by atoms with Crippen LogP contribution in [0.1, 0.15) is 86.9 Å². The average Bonchev–Trinajstić information content (AvgIpc) is 3.38. The SMILES string of the molecule is C[C@H]1CC(NC(=O)c2cc(C3CC3)on2)CCN1C(=O)CC1CCCC(N)C1. The molecule has 1 saturated heterocycles. The molecule has 2 saturated carbocycles. The van der Waals surface area contributed by atoms with Gasteiger partial charge in [0.05, 0.1) is 0 Å². The van der Waals surface area contributed by atoms with Gasteiger partial charge in [0, 0.05) is 43.1 Å². The Morgan fingerprint density at radius 2 is 2.07 bits per heavy atom. The number of rotatable bonds is 5. The number of amides is 2. The van der Waals surface area contributed by atoms with Crippen molar-refractivity contribution in [3.63, 3.8) is 0 Å². The number of likely N-dealkylation sites (tertiary alicyclic amines) is 1. The van der Waals surface area contributed by atoms with Crippen LogP contribution in [-0.2, 0) is 4.79 Å². The molecule has 1 aromatic rings. The van der Waals surface area contributed by atoms with Crippen molar-refractivity contribution in [2.45, 2.75) is 88.8 Å². The van der Waals surface area contributed by atoms with Gasteiger partial charge in [-0.1, -0.05) is 11.6 Å². The van der Waals surface area contributed by atoms with Gasteiger partial charge in [0.15, 0.2) is 5.69 Å². The summed E-state index contributed by atoms with van der Waals surface area (Å²) in [6, 6.07) is 2.21. The zero-order valence-corrected chi connectivity index (χ0v) is 16.7. The lowest BCUT2D eigenvalue weighted by Crippen LogP contribution is -2.51. The molecule has 0 aromatic carbocycles. The van der Waals surface area contributed by atoms with Crippen molar-refractivity contribution in [1.82, 2.24) is 15.4 Å². The van der Waals surface area contributed by atoms with Gasteiger partial charge in [-0.25, -0.2) is 0 Å². The Morgan fingerprint density at radius 3 is 2.79 bits per heavy atom. The summed E-state index contributed by atoms with van der Waals surface area (Å²) in [7, 11) is 0. The zero-order chi connectivity index (χ0) is 19.7. The number of nitrogens with one attached hydrogen (secondary N) is 1. The molecule has 2 amide bonds. The maximum absolute atomic E-state index is 12.8. The minimum absolute atomic E-state index is 0.0655. The quantitative estimate of drug-likeness (QED) is 0.807. The van der Waals surface area contributed by atoms with Crippen LogP contribution in [0.2, 0.25) is 0 Å². The number of nitrogens with two attached hydrogens (primary N) is 1. The van der Waals surface area contributed by atoms with Crippen LogP contribution in [0.4, 0.5) is 0 Å². The minimum atomic E-state index is -0.177. The Labute approximate surface area is 166 Å². The maximum Gasteiger partial charge on any atom is 0.273 e. The molecule has 0 spiro atoms. The van der Waals surface area contributed by atoms with Gasteiger partial charge in [-0.15, -0.1) is 0 Å². The molecule has 28 heavy (non-hydrogen) atoms. The van der Waals surface area contributed by atoms with E-state index < -0.39 is 0 Å². The number of hydrogen-bond acceptors (Lipinski definition) is 5. The van der Waals surface area contributed by atoms with E-state index in [2.05, 4.69) is 17.4 Å². The van der Waals surface area contributed by atoms with Gasteiger partial charge in [0.2, 0.25) is 5.91 Å². The lowest BCUT2D eigenvalue weighted by molar-refractivity contribution is -0.136. The summed E-state index contributed by atoms with van der Waals surface area (Å²) in [6.07, 6.45) is 8.69. The van der Waals surface area contributed by atoms with Crippen LogP contribution < -0.4 is 11.1 Å². The Hall–Kier alpha value is -1.89. The Morgan fingerprint density at radius 1 is 1.25 bits per heavy atom. The molecule has 4 atom stereocenters. The summed E-state index contributed by atoms with van der Waals surface area (Å²) < 4.78 is 5.28. The van der Waals surface area contributed by atoms with Crippen LogP contribution in [0, 0.1) is 5.92 Å². The summed E-state index contributed by atoms with van der Waals surface area (Å²) in [6.45, 7) is 2.76. The molecule has 3 aliphatic rings. The topological polar surface area (TPSA) is 101 Å². The smallest absolute Gasteiger partial charge is 0.273 e. The van der Waals surface area contributed by atoms with Gasteiger partial charge >= 0.3 is 0 Å². The molecule has 1 aliphatic heterocycles. The fourth-order valence-electron chi connectivity index (χ4n) is 4.77. The highest BCUT2D eigenvalue weighted by molar-refractivity contribution is 5.92. The first-order chi connectivity index (χ1) is 13.5. The molecule has 154 valence electrons. The number of hydrogen-bond donors (Lipinski definition) is 2. The molecule has 1 aromatic heterocycles. The van der Waals surface area contributed by atoms with Crippen molar-refractivity contribution in [3.8, 4) is 0 Å². The van der Waals surface area contributed by atoms with E-state index in [1.165, 1.54) is 0 Å². The number of nitrogens with zero attached hydrogens (tertiary/aromatic N) is 2. The summed E-state index contributed by atoms with van der Waals surface area (Å²) in [4.78, 5) is 27.2. The predicted octanol–water partition coefficient (Wildman–Crippen LogP) is 2.57. The lowest BCUT2D eigenvalue weighted by atomic mass is 9.83. The molecular formula is C21H32N4O3. The van der Waals surface area contributed by atoms with E-state index in [1.54, 1.807) is 6.07 Å². The molecule has 7 heteroatoms. The normalized spacial score (nSPS) is 30.9. The molecule has 3 fully saturated rings. The highest BCUT2D eigenvalue weighted by Crippen LogP contribution is 2.40. The lowest BCUT2D eigenvalue weighted by Gasteiger charge is -2.39. The largest absolute Gasteiger partial charge is 0.360 e. The highest BCUT2D eigenvalue weighted by atomic mass is 16.5. The first-order valence-electron chi connectivity index (χ1n) is 10.8. The van der Waals surface area contributed by atoms with Crippen LogP contribution >= 0.6 is 0 Å². The number of carbonyl (C=O) groups is 2. The van der Waals surface area contributed by atoms with Crippen molar-refractivity contribution in [3.05, 3.63) is 17.5 Å². The van der Waals surface area contributed by atoms with Crippen molar-refractivity contribution in [2.24, 2.45) is 11.7 Å². The maximum atomic E-state index is 12.8. The van der Waals surface area contributed by atoms with Gasteiger partial charge in [-0.3, -0.25) is 9.59 Å². The summed E-state index contributed by atoms with van der Waals surface area (Å²) in [5, 5.41) is 6.98. The molecule has 0 radical (unpaired) electrons. The van der Waals surface area contributed by atoms with Gasteiger partial charge in [0.1, 0.15) is 5.76 Å². The Kier molecular flexibility index (Phi) is 5.71. The number of piperidine rings is 1. The van der Waals surface area contributed by atoms with Crippen LogP contribution in [0.25, 0.3) is 0 Å². The van der Waals surface area contributed by atoms with E-state index in [0.29, 0.717) is 30.5 Å². The van der Waals surface area contributed by atoms with E-state index in [1.807, 2.05) is 4.90 Å². The third-order valence-electron chi connectivity index (χ3n) is 6.56. The summed E-state index contributed by atoms with van der Waals surface area (Å²) in [5.41, 5.74) is 6.43. The predicted molar refractivity (Wildman–Crippen MR) is 105 cm³/mol. The second kappa shape index (κ2) is 8.23. The van der Waals surface area contributed by atoms with Crippen molar-refractivity contribution >= 4 is 11.8 Å². The Balaban J connectivity index is 1.25. The standard InChI is InChI=1S/C21H32N4O3/c1-13-9-17(23-21(27)18-12-19(28-24-18)15-5-6-15)7-8-25(13)20(26)11-14-3-2-4-16(22)10-14/h12-17H,2-11,22H2,1H3,(H,23,27)/t13-,14?,16?,17?/m0/s1. The second-order valence-corrected chi connectivity index (χ2v) is 9.02. The van der Waals surface area contributed by atoms with E-state index in [4.69, 9.17) is 10.3 Å². The molecule has 7 nitrogen and oxygen atoms in total. The van der Waals surface area contributed by atoms with Crippen LogP contribution in [-0.4, -0.2) is 46.5 Å². The molecule has 2 heterocycles. The highest BCUT2D eigenvalue weighted by Gasteiger charge is 2.33. The fraction of sp³-hybridized carbons (Fsp3) is 0.762.